The van der Waals surface area contributed by atoms with E-state index in [9.17, 15) is 0 Å². The minimum Gasteiger partial charge on any atom is -0.0848 e. The molecular weight excluding hydrogens is 156 g/mol. The lowest BCUT2D eigenvalue weighted by molar-refractivity contribution is 0.262. The van der Waals surface area contributed by atoms with Gasteiger partial charge in [-0.25, -0.2) is 0 Å². The molecule has 0 aliphatic heterocycles. The zero-order valence-electron chi connectivity index (χ0n) is 9.56. The predicted molar refractivity (Wildman–Crippen MR) is 59.4 cm³/mol. The van der Waals surface area contributed by atoms with Gasteiger partial charge in [-0.3, -0.25) is 0 Å². The molecule has 0 heterocycles. The van der Waals surface area contributed by atoms with E-state index < -0.39 is 0 Å². The number of hydrogen-bond acceptors (Lipinski definition) is 0. The first-order valence-electron chi connectivity index (χ1n) is 5.45. The summed E-state index contributed by atoms with van der Waals surface area (Å²) < 4.78 is 0. The molecule has 0 nitrogen and oxygen atoms in total. The maximum absolute atomic E-state index is 4.05. The quantitative estimate of drug-likeness (QED) is 0.569. The van der Waals surface area contributed by atoms with E-state index in [1.54, 1.807) is 5.57 Å². The van der Waals surface area contributed by atoms with Gasteiger partial charge in [-0.15, -0.1) is 0 Å². The molecule has 0 heteroatoms. The lowest BCUT2D eigenvalue weighted by atomic mass is 9.75. The van der Waals surface area contributed by atoms with Crippen molar-refractivity contribution < 1.29 is 0 Å². The van der Waals surface area contributed by atoms with E-state index in [-0.39, 0.29) is 0 Å². The van der Waals surface area contributed by atoms with Gasteiger partial charge in [0, 0.05) is 0 Å². The first kappa shape index (κ1) is 10.8. The summed E-state index contributed by atoms with van der Waals surface area (Å²) in [4.78, 5) is 0. The fraction of sp³-hybridized carbons (Fsp3) is 0.769. The molecule has 2 unspecified atom stereocenters. The van der Waals surface area contributed by atoms with Gasteiger partial charge in [0.1, 0.15) is 0 Å². The molecule has 1 aliphatic rings. The summed E-state index contributed by atoms with van der Waals surface area (Å²) in [6.45, 7) is 13.3. The molecule has 0 saturated heterocycles. The van der Waals surface area contributed by atoms with Crippen molar-refractivity contribution in [3.63, 3.8) is 0 Å². The van der Waals surface area contributed by atoms with Crippen LogP contribution in [0.1, 0.15) is 47.0 Å². The normalized spacial score (nSPS) is 26.6. The average Bonchev–Trinajstić information content (AvgIpc) is 2.25. The third-order valence-corrected chi connectivity index (χ3v) is 3.75. The second-order valence-corrected chi connectivity index (χ2v) is 5.22. The lowest BCUT2D eigenvalue weighted by Crippen LogP contribution is -2.20. The van der Waals surface area contributed by atoms with Crippen molar-refractivity contribution in [1.82, 2.24) is 0 Å². The smallest absolute Gasteiger partial charge is 0.0116 e. The van der Waals surface area contributed by atoms with Crippen molar-refractivity contribution in [3.05, 3.63) is 18.6 Å². The van der Waals surface area contributed by atoms with Gasteiger partial charge >= 0.3 is 0 Å². The summed E-state index contributed by atoms with van der Waals surface area (Å²) in [5.74, 6) is 1.47. The molecule has 0 fully saturated rings. The van der Waals surface area contributed by atoms with E-state index in [0.29, 0.717) is 11.3 Å². The molecule has 0 aromatic heterocycles. The molecule has 75 valence electrons. The fourth-order valence-electron chi connectivity index (χ4n) is 2.16. The van der Waals surface area contributed by atoms with E-state index in [2.05, 4.69) is 40.7 Å². The van der Waals surface area contributed by atoms with Crippen LogP contribution in [0.4, 0.5) is 0 Å². The Kier molecular flexibility index (Phi) is 3.21. The largest absolute Gasteiger partial charge is 0.0848 e. The zero-order valence-corrected chi connectivity index (χ0v) is 9.56. The lowest BCUT2D eigenvalue weighted by Gasteiger charge is -2.30. The zero-order chi connectivity index (χ0) is 10.1. The number of hydrogen-bond donors (Lipinski definition) is 0. The molecule has 1 radical (unpaired) electrons. The van der Waals surface area contributed by atoms with Crippen LogP contribution in [0.5, 0.6) is 0 Å². The first-order chi connectivity index (χ1) is 5.94. The molecule has 0 bridgehead atoms. The van der Waals surface area contributed by atoms with Crippen LogP contribution < -0.4 is 0 Å². The second kappa shape index (κ2) is 3.86. The Morgan fingerprint density at radius 2 is 2.23 bits per heavy atom. The summed E-state index contributed by atoms with van der Waals surface area (Å²) >= 11 is 0. The highest BCUT2D eigenvalue weighted by Crippen LogP contribution is 2.45. The summed E-state index contributed by atoms with van der Waals surface area (Å²) in [5.41, 5.74) is 2.02. The Morgan fingerprint density at radius 3 is 2.62 bits per heavy atom. The van der Waals surface area contributed by atoms with Crippen LogP contribution in [0.3, 0.4) is 0 Å². The van der Waals surface area contributed by atoms with Gasteiger partial charge < -0.3 is 0 Å². The molecule has 1 rings (SSSR count). The molecule has 13 heavy (non-hydrogen) atoms. The second-order valence-electron chi connectivity index (χ2n) is 5.22. The third-order valence-electron chi connectivity index (χ3n) is 3.75. The molecule has 2 atom stereocenters. The maximum Gasteiger partial charge on any atom is -0.0116 e. The van der Waals surface area contributed by atoms with Gasteiger partial charge in [-0.05, 0) is 37.0 Å². The van der Waals surface area contributed by atoms with Crippen molar-refractivity contribution in [1.29, 1.82) is 0 Å². The van der Waals surface area contributed by atoms with Crippen LogP contribution in [0, 0.1) is 24.2 Å². The van der Waals surface area contributed by atoms with Crippen molar-refractivity contribution in [2.45, 2.75) is 47.0 Å². The van der Waals surface area contributed by atoms with Crippen LogP contribution >= 0.6 is 0 Å². The van der Waals surface area contributed by atoms with Gasteiger partial charge in [0.2, 0.25) is 0 Å². The third kappa shape index (κ3) is 2.36. The van der Waals surface area contributed by atoms with Gasteiger partial charge in [-0.1, -0.05) is 45.8 Å². The molecule has 1 aliphatic carbocycles. The van der Waals surface area contributed by atoms with E-state index in [1.807, 2.05) is 0 Å². The fourth-order valence-corrected chi connectivity index (χ4v) is 2.16. The van der Waals surface area contributed by atoms with Gasteiger partial charge in [0.05, 0.1) is 0 Å². The topological polar surface area (TPSA) is 0 Å². The van der Waals surface area contributed by atoms with E-state index in [1.165, 1.54) is 19.3 Å². The van der Waals surface area contributed by atoms with Gasteiger partial charge in [0.25, 0.3) is 0 Å². The monoisotopic (exact) mass is 179 g/mol. The Balaban J connectivity index is 2.47. The summed E-state index contributed by atoms with van der Waals surface area (Å²) in [6.07, 6.45) is 6.31. The van der Waals surface area contributed by atoms with E-state index >= 15 is 0 Å². The highest BCUT2D eigenvalue weighted by molar-refractivity contribution is 5.18. The Bertz CT molecular complexity index is 196. The predicted octanol–water partition coefficient (Wildman–Crippen LogP) is 4.23. The molecule has 0 aromatic rings. The van der Waals surface area contributed by atoms with Crippen molar-refractivity contribution in [2.24, 2.45) is 17.3 Å². The Morgan fingerprint density at radius 1 is 1.62 bits per heavy atom. The van der Waals surface area contributed by atoms with Crippen LogP contribution in [0.15, 0.2) is 11.6 Å². The average molecular weight is 179 g/mol. The van der Waals surface area contributed by atoms with Crippen molar-refractivity contribution in [3.8, 4) is 0 Å². The summed E-state index contributed by atoms with van der Waals surface area (Å²) in [6, 6.07) is 0. The summed E-state index contributed by atoms with van der Waals surface area (Å²) in [5, 5.41) is 0. The number of allylic oxidation sites excluding steroid dienone is 2. The maximum atomic E-state index is 4.05. The standard InChI is InChI=1S/C13H23/c1-10(2)6-8-12-9-7-11(3)13(12,4)5/h7,10,12H,1,6,8-9H2,2-5H3. The minimum atomic E-state index is 0.439. The van der Waals surface area contributed by atoms with E-state index in [4.69, 9.17) is 0 Å². The van der Waals surface area contributed by atoms with Gasteiger partial charge in [0.15, 0.2) is 0 Å². The molecule has 0 N–H and O–H groups in total. The number of rotatable bonds is 3. The first-order valence-corrected chi connectivity index (χ1v) is 5.45. The summed E-state index contributed by atoms with van der Waals surface area (Å²) in [7, 11) is 0. The Hall–Kier alpha value is -0.260. The van der Waals surface area contributed by atoms with E-state index in [0.717, 1.165) is 5.92 Å². The minimum absolute atomic E-state index is 0.439. The van der Waals surface area contributed by atoms with Crippen molar-refractivity contribution >= 4 is 0 Å². The molecule has 0 saturated carbocycles. The van der Waals surface area contributed by atoms with Crippen LogP contribution in [0.2, 0.25) is 0 Å². The SMILES string of the molecule is [CH2]C(C)CCC1CC=C(C)C1(C)C. The molecule has 0 aromatic carbocycles. The van der Waals surface area contributed by atoms with Crippen LogP contribution in [-0.2, 0) is 0 Å². The van der Waals surface area contributed by atoms with Gasteiger partial charge in [-0.2, -0.15) is 0 Å². The van der Waals surface area contributed by atoms with Crippen LogP contribution in [0.25, 0.3) is 0 Å². The highest BCUT2D eigenvalue weighted by Gasteiger charge is 2.34. The highest BCUT2D eigenvalue weighted by atomic mass is 14.4. The molecule has 0 spiro atoms. The molecule has 0 amide bonds. The van der Waals surface area contributed by atoms with Crippen molar-refractivity contribution in [2.75, 3.05) is 0 Å². The molecular formula is C13H23. The van der Waals surface area contributed by atoms with Crippen LogP contribution in [-0.4, -0.2) is 0 Å². The Labute approximate surface area is 83.4 Å².